The summed E-state index contributed by atoms with van der Waals surface area (Å²) in [5.41, 5.74) is 0. The number of nitrogens with one attached hydrogen (secondary N) is 2. The van der Waals surface area contributed by atoms with E-state index in [2.05, 4.69) is 21.9 Å². The highest BCUT2D eigenvalue weighted by Gasteiger charge is 2.23. The highest BCUT2D eigenvalue weighted by Crippen LogP contribution is 2.11. The topological polar surface area (TPSA) is 66.0 Å². The lowest BCUT2D eigenvalue weighted by atomic mass is 10.1. The van der Waals surface area contributed by atoms with Crippen molar-refractivity contribution in [2.45, 2.75) is 32.2 Å². The van der Waals surface area contributed by atoms with E-state index in [1.807, 2.05) is 18.7 Å². The van der Waals surface area contributed by atoms with E-state index < -0.39 is 0 Å². The van der Waals surface area contributed by atoms with Gasteiger partial charge in [-0.1, -0.05) is 0 Å². The number of nitrogens with zero attached hydrogens (tertiary/aromatic N) is 2. The average molecular weight is 444 g/mol. The third-order valence-electron chi connectivity index (χ3n) is 3.40. The van der Waals surface area contributed by atoms with Crippen LogP contribution in [0.15, 0.2) is 4.99 Å². The van der Waals surface area contributed by atoms with Crippen molar-refractivity contribution in [3.63, 3.8) is 0 Å². The lowest BCUT2D eigenvalue weighted by molar-refractivity contribution is 0.0963. The molecule has 1 aliphatic heterocycles. The molecule has 0 atom stereocenters. The molecule has 0 spiro atoms. The van der Waals surface area contributed by atoms with Crippen LogP contribution >= 0.6 is 35.7 Å². The fourth-order valence-corrected chi connectivity index (χ4v) is 2.67. The lowest BCUT2D eigenvalue weighted by Crippen LogP contribution is -2.50. The number of halogens is 1. The molecule has 2 N–H and O–H groups in total. The predicted molar refractivity (Wildman–Crippen MR) is 105 cm³/mol. The van der Waals surface area contributed by atoms with Crippen molar-refractivity contribution in [1.82, 2.24) is 15.5 Å². The fraction of sp³-hybridized carbons (Fsp3) is 0.857. The first-order chi connectivity index (χ1) is 10.2. The Morgan fingerprint density at radius 3 is 2.64 bits per heavy atom. The van der Waals surface area contributed by atoms with Gasteiger partial charge in [0, 0.05) is 32.7 Å². The van der Waals surface area contributed by atoms with Crippen LogP contribution in [-0.2, 0) is 4.74 Å². The second-order valence-corrected chi connectivity index (χ2v) is 5.94. The molecule has 1 rings (SSSR count). The summed E-state index contributed by atoms with van der Waals surface area (Å²) >= 11 is 1.85. The molecule has 0 radical (unpaired) electrons. The molecule has 8 heteroatoms. The Bertz CT molecular complexity index is 337. The number of hydrogen-bond donors (Lipinski definition) is 2. The van der Waals surface area contributed by atoms with Crippen LogP contribution in [0.4, 0.5) is 4.79 Å². The summed E-state index contributed by atoms with van der Waals surface area (Å²) in [4.78, 5) is 17.7. The number of hydrogen-bond acceptors (Lipinski definition) is 4. The fourth-order valence-electron chi connectivity index (χ4n) is 2.23. The zero-order valence-electron chi connectivity index (χ0n) is 13.8. The molecule has 1 amide bonds. The van der Waals surface area contributed by atoms with Crippen LogP contribution in [0, 0.1) is 0 Å². The van der Waals surface area contributed by atoms with Gasteiger partial charge in [0.25, 0.3) is 0 Å². The van der Waals surface area contributed by atoms with Crippen LogP contribution in [0.2, 0.25) is 0 Å². The summed E-state index contributed by atoms with van der Waals surface area (Å²) in [5.74, 6) is 2.01. The van der Waals surface area contributed by atoms with Gasteiger partial charge in [-0.3, -0.25) is 4.99 Å². The Hall–Kier alpha value is -0.380. The summed E-state index contributed by atoms with van der Waals surface area (Å²) in [6.07, 6.45) is 4.89. The lowest BCUT2D eigenvalue weighted by Gasteiger charge is -2.32. The maximum absolute atomic E-state index is 11.6. The molecule has 1 fully saturated rings. The van der Waals surface area contributed by atoms with E-state index in [1.165, 1.54) is 0 Å². The van der Waals surface area contributed by atoms with Crippen molar-refractivity contribution in [2.24, 2.45) is 4.99 Å². The van der Waals surface area contributed by atoms with Crippen LogP contribution in [-0.4, -0.2) is 68.3 Å². The summed E-state index contributed by atoms with van der Waals surface area (Å²) in [6.45, 7) is 4.67. The molecule has 6 nitrogen and oxygen atoms in total. The monoisotopic (exact) mass is 444 g/mol. The molecular weight excluding hydrogens is 415 g/mol. The van der Waals surface area contributed by atoms with E-state index in [0.29, 0.717) is 12.6 Å². The molecule has 0 bridgehead atoms. The van der Waals surface area contributed by atoms with Crippen molar-refractivity contribution in [2.75, 3.05) is 45.3 Å². The maximum Gasteiger partial charge on any atom is 0.409 e. The minimum absolute atomic E-state index is 0. The second kappa shape index (κ2) is 13.1. The Kier molecular flexibility index (Phi) is 12.9. The summed E-state index contributed by atoms with van der Waals surface area (Å²) in [5, 5.41) is 6.75. The standard InChI is InChI=1S/C14H28N4O2S.HI/c1-4-20-14(19)18-9-6-12(7-10-18)17-13(15-2)16-8-5-11-21-3;/h12H,4-11H2,1-3H3,(H2,15,16,17);1H. The van der Waals surface area contributed by atoms with Crippen molar-refractivity contribution >= 4 is 47.8 Å². The van der Waals surface area contributed by atoms with Gasteiger partial charge in [-0.2, -0.15) is 11.8 Å². The largest absolute Gasteiger partial charge is 0.450 e. The van der Waals surface area contributed by atoms with Crippen LogP contribution in [0.25, 0.3) is 0 Å². The zero-order valence-corrected chi connectivity index (χ0v) is 16.9. The predicted octanol–water partition coefficient (Wildman–Crippen LogP) is 2.14. The number of carbonyl (C=O) groups is 1. The molecule has 0 unspecified atom stereocenters. The number of aliphatic imine (C=N–C) groups is 1. The molecule has 130 valence electrons. The molecule has 0 aromatic carbocycles. The Morgan fingerprint density at radius 1 is 1.41 bits per heavy atom. The maximum atomic E-state index is 11.6. The van der Waals surface area contributed by atoms with Crippen LogP contribution in [0.3, 0.4) is 0 Å². The van der Waals surface area contributed by atoms with E-state index in [9.17, 15) is 4.79 Å². The molecule has 1 saturated heterocycles. The minimum atomic E-state index is -0.199. The normalized spacial score (nSPS) is 16.0. The molecule has 0 aliphatic carbocycles. The number of thioether (sulfide) groups is 1. The van der Waals surface area contributed by atoms with Crippen molar-refractivity contribution in [3.05, 3.63) is 0 Å². The summed E-state index contributed by atoms with van der Waals surface area (Å²) in [7, 11) is 1.79. The average Bonchev–Trinajstić information content (AvgIpc) is 2.51. The molecular formula is C14H29IN4O2S. The first-order valence-electron chi connectivity index (χ1n) is 7.59. The molecule has 22 heavy (non-hydrogen) atoms. The molecule has 0 aromatic rings. The Labute approximate surface area is 155 Å². The van der Waals surface area contributed by atoms with Crippen molar-refractivity contribution < 1.29 is 9.53 Å². The van der Waals surface area contributed by atoms with Gasteiger partial charge in [-0.15, -0.1) is 24.0 Å². The Morgan fingerprint density at radius 2 is 2.09 bits per heavy atom. The first-order valence-corrected chi connectivity index (χ1v) is 8.98. The summed E-state index contributed by atoms with van der Waals surface area (Å²) in [6, 6.07) is 0.363. The molecule has 0 saturated carbocycles. The van der Waals surface area contributed by atoms with Crippen LogP contribution < -0.4 is 10.6 Å². The van der Waals surface area contributed by atoms with E-state index in [4.69, 9.17) is 4.74 Å². The SMILES string of the molecule is CCOC(=O)N1CCC(NC(=NC)NCCCSC)CC1.I. The van der Waals surface area contributed by atoms with E-state index in [1.54, 1.807) is 11.9 Å². The van der Waals surface area contributed by atoms with Gasteiger partial charge >= 0.3 is 6.09 Å². The van der Waals surface area contributed by atoms with Gasteiger partial charge in [-0.05, 0) is 38.2 Å². The smallest absolute Gasteiger partial charge is 0.409 e. The van der Waals surface area contributed by atoms with E-state index in [0.717, 1.165) is 50.6 Å². The van der Waals surface area contributed by atoms with Crippen LogP contribution in [0.5, 0.6) is 0 Å². The van der Waals surface area contributed by atoms with Crippen molar-refractivity contribution in [3.8, 4) is 0 Å². The highest BCUT2D eigenvalue weighted by molar-refractivity contribution is 14.0. The van der Waals surface area contributed by atoms with E-state index in [-0.39, 0.29) is 30.1 Å². The number of piperidine rings is 1. The van der Waals surface area contributed by atoms with Gasteiger partial charge in [0.1, 0.15) is 0 Å². The molecule has 1 aliphatic rings. The van der Waals surface area contributed by atoms with Gasteiger partial charge < -0.3 is 20.3 Å². The number of rotatable bonds is 6. The minimum Gasteiger partial charge on any atom is -0.450 e. The van der Waals surface area contributed by atoms with Crippen LogP contribution in [0.1, 0.15) is 26.2 Å². The van der Waals surface area contributed by atoms with Crippen molar-refractivity contribution in [1.29, 1.82) is 0 Å². The number of likely N-dealkylation sites (tertiary alicyclic amines) is 1. The Balaban J connectivity index is 0.00000441. The third-order valence-corrected chi connectivity index (χ3v) is 4.10. The second-order valence-electron chi connectivity index (χ2n) is 4.95. The van der Waals surface area contributed by atoms with Gasteiger partial charge in [0.05, 0.1) is 6.61 Å². The number of carbonyl (C=O) groups excluding carboxylic acids is 1. The third kappa shape index (κ3) is 8.30. The number of amides is 1. The van der Waals surface area contributed by atoms with Gasteiger partial charge in [0.15, 0.2) is 5.96 Å². The summed E-state index contributed by atoms with van der Waals surface area (Å²) < 4.78 is 5.02. The molecule has 0 aromatic heterocycles. The zero-order chi connectivity index (χ0) is 15.5. The quantitative estimate of drug-likeness (QED) is 0.285. The van der Waals surface area contributed by atoms with Gasteiger partial charge in [0.2, 0.25) is 0 Å². The number of ether oxygens (including phenoxy) is 1. The number of guanidine groups is 1. The highest BCUT2D eigenvalue weighted by atomic mass is 127. The molecule has 1 heterocycles. The van der Waals surface area contributed by atoms with E-state index >= 15 is 0 Å². The van der Waals surface area contributed by atoms with Gasteiger partial charge in [-0.25, -0.2) is 4.79 Å². The first kappa shape index (κ1) is 21.6.